The predicted molar refractivity (Wildman–Crippen MR) is 94.6 cm³/mol. The summed E-state index contributed by atoms with van der Waals surface area (Å²) in [5.74, 6) is 0.350. The van der Waals surface area contributed by atoms with Crippen molar-refractivity contribution in [2.45, 2.75) is 0 Å². The van der Waals surface area contributed by atoms with Crippen LogP contribution in [0.15, 0.2) is 85.1 Å². The number of hydrogen-bond donors (Lipinski definition) is 1. The van der Waals surface area contributed by atoms with Gasteiger partial charge in [-0.3, -0.25) is 4.98 Å². The molecule has 0 aliphatic rings. The fourth-order valence-electron chi connectivity index (χ4n) is 2.22. The summed E-state index contributed by atoms with van der Waals surface area (Å²) in [4.78, 5) is 4.18. The van der Waals surface area contributed by atoms with E-state index < -0.39 is 0 Å². The van der Waals surface area contributed by atoms with Crippen molar-refractivity contribution in [3.8, 4) is 5.75 Å². The van der Waals surface area contributed by atoms with E-state index in [0.717, 1.165) is 16.3 Å². The van der Waals surface area contributed by atoms with E-state index in [-0.39, 0.29) is 12.4 Å². The van der Waals surface area contributed by atoms with Crippen molar-refractivity contribution in [3.05, 3.63) is 85.1 Å². The molecule has 110 valence electrons. The third kappa shape index (κ3) is 3.54. The maximum absolute atomic E-state index is 9.37. The molecule has 0 bridgehead atoms. The Hall–Kier alpha value is -2.58. The molecule has 0 fully saturated rings. The molecule has 0 aliphatic carbocycles. The number of phenols is 1. The van der Waals surface area contributed by atoms with E-state index in [2.05, 4.69) is 17.1 Å². The summed E-state index contributed by atoms with van der Waals surface area (Å²) in [6.07, 6.45) is 1.81. The van der Waals surface area contributed by atoms with Crippen molar-refractivity contribution < 1.29 is 5.11 Å². The van der Waals surface area contributed by atoms with Crippen LogP contribution in [0.4, 0.5) is 0 Å². The molecule has 0 amide bonds. The molecular formula is C19H16ClNO. The second kappa shape index (κ2) is 7.43. The molecule has 0 aliphatic heterocycles. The third-order valence-corrected chi connectivity index (χ3v) is 3.28. The Bertz CT molecular complexity index is 806. The molecule has 22 heavy (non-hydrogen) atoms. The third-order valence-electron chi connectivity index (χ3n) is 3.28. The largest absolute Gasteiger partial charge is 0.507 e. The van der Waals surface area contributed by atoms with Gasteiger partial charge in [-0.05, 0) is 23.6 Å². The van der Waals surface area contributed by atoms with Gasteiger partial charge in [-0.25, -0.2) is 0 Å². The van der Waals surface area contributed by atoms with Crippen LogP contribution in [-0.4, -0.2) is 10.1 Å². The van der Waals surface area contributed by atoms with Gasteiger partial charge in [-0.1, -0.05) is 60.7 Å². The lowest BCUT2D eigenvalue weighted by Crippen LogP contribution is -1.73. The second-order valence-electron chi connectivity index (χ2n) is 4.69. The van der Waals surface area contributed by atoms with Crippen LogP contribution in [0.1, 0.15) is 0 Å². The quantitative estimate of drug-likeness (QED) is 0.484. The molecule has 0 unspecified atom stereocenters. The van der Waals surface area contributed by atoms with Crippen LogP contribution < -0.4 is 0 Å². The van der Waals surface area contributed by atoms with Crippen molar-refractivity contribution in [3.63, 3.8) is 0 Å². The number of hydrogen-bond acceptors (Lipinski definition) is 2. The Labute approximate surface area is 135 Å². The first-order chi connectivity index (χ1) is 10.3. The summed E-state index contributed by atoms with van der Waals surface area (Å²) in [6, 6.07) is 25.4. The van der Waals surface area contributed by atoms with Crippen molar-refractivity contribution in [1.82, 2.24) is 4.98 Å². The summed E-state index contributed by atoms with van der Waals surface area (Å²) >= 11 is 0. The van der Waals surface area contributed by atoms with Crippen LogP contribution in [0.2, 0.25) is 0 Å². The summed E-state index contributed by atoms with van der Waals surface area (Å²) in [7, 11) is 0. The highest BCUT2D eigenvalue weighted by Gasteiger charge is 1.94. The van der Waals surface area contributed by atoms with Crippen LogP contribution in [0.3, 0.4) is 0 Å². The number of phenolic OH excluding ortho intramolecular Hbond substituents is 1. The molecule has 4 aromatic rings. The number of nitrogens with zero attached hydrogens (tertiary/aromatic N) is 1. The molecule has 0 atom stereocenters. The van der Waals surface area contributed by atoms with Gasteiger partial charge in [0.2, 0.25) is 0 Å². The van der Waals surface area contributed by atoms with Gasteiger partial charge < -0.3 is 5.11 Å². The molecule has 0 saturated carbocycles. The minimum atomic E-state index is 0. The smallest absolute Gasteiger partial charge is 0.123 e. The molecule has 3 aromatic carbocycles. The first-order valence-corrected chi connectivity index (χ1v) is 6.81. The molecule has 0 radical (unpaired) electrons. The SMILES string of the molecule is Cl.Oc1cccc2ccccc12.c1ccc2ncccc2c1. The first kappa shape index (κ1) is 15.8. The second-order valence-corrected chi connectivity index (χ2v) is 4.69. The predicted octanol–water partition coefficient (Wildman–Crippen LogP) is 5.20. The number of aromatic nitrogens is 1. The van der Waals surface area contributed by atoms with Gasteiger partial charge in [0.25, 0.3) is 0 Å². The molecule has 2 nitrogen and oxygen atoms in total. The Morgan fingerprint density at radius 2 is 1.27 bits per heavy atom. The van der Waals surface area contributed by atoms with Gasteiger partial charge in [0.15, 0.2) is 0 Å². The molecule has 1 N–H and O–H groups in total. The topological polar surface area (TPSA) is 33.1 Å². The molecule has 1 heterocycles. The molecule has 4 rings (SSSR count). The fraction of sp³-hybridized carbons (Fsp3) is 0. The maximum Gasteiger partial charge on any atom is 0.123 e. The van der Waals surface area contributed by atoms with Gasteiger partial charge >= 0.3 is 0 Å². The zero-order valence-corrected chi connectivity index (χ0v) is 12.7. The number of fused-ring (bicyclic) bond motifs is 2. The Morgan fingerprint density at radius 3 is 2.05 bits per heavy atom. The highest BCUT2D eigenvalue weighted by Crippen LogP contribution is 2.22. The van der Waals surface area contributed by atoms with Crippen LogP contribution >= 0.6 is 12.4 Å². The maximum atomic E-state index is 9.37. The number of benzene rings is 3. The molecular weight excluding hydrogens is 294 g/mol. The highest BCUT2D eigenvalue weighted by molar-refractivity contribution is 5.87. The Kier molecular flexibility index (Phi) is 5.34. The zero-order chi connectivity index (χ0) is 14.5. The summed E-state index contributed by atoms with van der Waals surface area (Å²) in [5.41, 5.74) is 1.06. The van der Waals surface area contributed by atoms with E-state index in [4.69, 9.17) is 0 Å². The van der Waals surface area contributed by atoms with E-state index in [1.165, 1.54) is 5.39 Å². The van der Waals surface area contributed by atoms with E-state index in [1.54, 1.807) is 6.07 Å². The number of para-hydroxylation sites is 1. The van der Waals surface area contributed by atoms with Crippen molar-refractivity contribution in [1.29, 1.82) is 0 Å². The van der Waals surface area contributed by atoms with Crippen molar-refractivity contribution >= 4 is 34.1 Å². The van der Waals surface area contributed by atoms with Gasteiger partial charge in [0.05, 0.1) is 5.52 Å². The summed E-state index contributed by atoms with van der Waals surface area (Å²) in [6.45, 7) is 0. The lowest BCUT2D eigenvalue weighted by atomic mass is 10.1. The van der Waals surface area contributed by atoms with E-state index >= 15 is 0 Å². The van der Waals surface area contributed by atoms with Crippen molar-refractivity contribution in [2.24, 2.45) is 0 Å². The average molecular weight is 310 g/mol. The van der Waals surface area contributed by atoms with Gasteiger partial charge in [0.1, 0.15) is 5.75 Å². The van der Waals surface area contributed by atoms with Crippen LogP contribution in [0, 0.1) is 0 Å². The number of pyridine rings is 1. The molecule has 3 heteroatoms. The van der Waals surface area contributed by atoms with Gasteiger partial charge in [-0.15, -0.1) is 12.4 Å². The van der Waals surface area contributed by atoms with Gasteiger partial charge in [0, 0.05) is 17.0 Å². The number of aromatic hydroxyl groups is 1. The van der Waals surface area contributed by atoms with E-state index in [9.17, 15) is 5.11 Å². The van der Waals surface area contributed by atoms with E-state index in [0.29, 0.717) is 5.75 Å². The standard InChI is InChI=1S/C10H8O.C9H7N.ClH/c11-10-7-3-5-8-4-1-2-6-9(8)10;1-2-6-9-8(4-1)5-3-7-10-9;/h1-7,11H;1-7H;1H. The zero-order valence-electron chi connectivity index (χ0n) is 11.9. The number of rotatable bonds is 0. The van der Waals surface area contributed by atoms with Gasteiger partial charge in [-0.2, -0.15) is 0 Å². The van der Waals surface area contributed by atoms with Crippen LogP contribution in [0.25, 0.3) is 21.7 Å². The minimum Gasteiger partial charge on any atom is -0.507 e. The lowest BCUT2D eigenvalue weighted by Gasteiger charge is -1.97. The minimum absolute atomic E-state index is 0. The molecule has 1 aromatic heterocycles. The summed E-state index contributed by atoms with van der Waals surface area (Å²) < 4.78 is 0. The monoisotopic (exact) mass is 309 g/mol. The lowest BCUT2D eigenvalue weighted by molar-refractivity contribution is 0.481. The summed E-state index contributed by atoms with van der Waals surface area (Å²) in [5, 5.41) is 12.6. The van der Waals surface area contributed by atoms with Crippen LogP contribution in [0.5, 0.6) is 5.75 Å². The van der Waals surface area contributed by atoms with Crippen LogP contribution in [-0.2, 0) is 0 Å². The fourth-order valence-corrected chi connectivity index (χ4v) is 2.22. The van der Waals surface area contributed by atoms with Crippen molar-refractivity contribution in [2.75, 3.05) is 0 Å². The number of halogens is 1. The highest BCUT2D eigenvalue weighted by atomic mass is 35.5. The Balaban J connectivity index is 0.000000154. The normalized spacial score (nSPS) is 9.64. The molecule has 0 spiro atoms. The molecule has 0 saturated heterocycles. The van der Waals surface area contributed by atoms with E-state index in [1.807, 2.05) is 66.9 Å². The first-order valence-electron chi connectivity index (χ1n) is 6.81. The Morgan fingerprint density at radius 1 is 0.636 bits per heavy atom. The average Bonchev–Trinajstić information content (AvgIpc) is 2.56.